The Balaban J connectivity index is 3.39. The second-order valence-electron chi connectivity index (χ2n) is 7.16. The van der Waals surface area contributed by atoms with Gasteiger partial charge in [-0.3, -0.25) is 9.59 Å². The van der Waals surface area contributed by atoms with Crippen molar-refractivity contribution in [1.29, 1.82) is 0 Å². The van der Waals surface area contributed by atoms with Crippen LogP contribution in [0.2, 0.25) is 0 Å². The van der Waals surface area contributed by atoms with Gasteiger partial charge in [-0.25, -0.2) is 0 Å². The van der Waals surface area contributed by atoms with Crippen LogP contribution < -0.4 is 0 Å². The van der Waals surface area contributed by atoms with Gasteiger partial charge in [-0.2, -0.15) is 0 Å². The molecule has 4 heteroatoms. The van der Waals surface area contributed by atoms with Gasteiger partial charge in [0.25, 0.3) is 0 Å². The number of hydrogen-bond donors (Lipinski definition) is 0. The quantitative estimate of drug-likeness (QED) is 0.187. The molecule has 0 aliphatic rings. The van der Waals surface area contributed by atoms with Gasteiger partial charge in [0.15, 0.2) is 0 Å². The van der Waals surface area contributed by atoms with E-state index in [9.17, 15) is 9.59 Å². The fourth-order valence-electron chi connectivity index (χ4n) is 2.81. The predicted molar refractivity (Wildman–Crippen MR) is 102 cm³/mol. The predicted octanol–water partition coefficient (Wildman–Crippen LogP) is 5.82. The highest BCUT2D eigenvalue weighted by Gasteiger charge is 2.13. The Labute approximate surface area is 155 Å². The van der Waals surface area contributed by atoms with E-state index in [4.69, 9.17) is 9.47 Å². The van der Waals surface area contributed by atoms with Gasteiger partial charge in [0.2, 0.25) is 0 Å². The van der Waals surface area contributed by atoms with E-state index in [1.165, 1.54) is 51.4 Å². The molecule has 0 aromatic rings. The Morgan fingerprint density at radius 2 is 1.24 bits per heavy atom. The van der Waals surface area contributed by atoms with Crippen molar-refractivity contribution in [2.45, 2.75) is 104 Å². The van der Waals surface area contributed by atoms with Crippen LogP contribution in [-0.4, -0.2) is 25.2 Å². The number of ether oxygens (including phenoxy) is 2. The first-order chi connectivity index (χ1) is 12.1. The van der Waals surface area contributed by atoms with E-state index in [0.29, 0.717) is 19.1 Å². The molecule has 0 amide bonds. The number of carbonyl (C=O) groups is 2. The van der Waals surface area contributed by atoms with Gasteiger partial charge in [-0.1, -0.05) is 85.0 Å². The molecule has 0 aromatic carbocycles. The van der Waals surface area contributed by atoms with Gasteiger partial charge < -0.3 is 9.47 Å². The molecule has 25 heavy (non-hydrogen) atoms. The highest BCUT2D eigenvalue weighted by atomic mass is 16.6. The summed E-state index contributed by atoms with van der Waals surface area (Å²) >= 11 is 0. The minimum atomic E-state index is -0.476. The van der Waals surface area contributed by atoms with E-state index >= 15 is 0 Å². The Bertz CT molecular complexity index is 328. The lowest BCUT2D eigenvalue weighted by molar-refractivity contribution is -0.155. The number of carbonyl (C=O) groups excluding carboxylic acids is 2. The maximum Gasteiger partial charge on any atom is 0.317 e. The zero-order chi connectivity index (χ0) is 18.8. The molecule has 0 bridgehead atoms. The van der Waals surface area contributed by atoms with Crippen LogP contribution in [-0.2, 0) is 19.1 Å². The van der Waals surface area contributed by atoms with Crippen molar-refractivity contribution in [2.75, 3.05) is 13.2 Å². The zero-order valence-electron chi connectivity index (χ0n) is 16.8. The minimum absolute atomic E-state index is 0.267. The van der Waals surface area contributed by atoms with Gasteiger partial charge in [0.05, 0.1) is 13.2 Å². The van der Waals surface area contributed by atoms with Gasteiger partial charge in [0.1, 0.15) is 6.42 Å². The van der Waals surface area contributed by atoms with Crippen molar-refractivity contribution in [2.24, 2.45) is 5.92 Å². The van der Waals surface area contributed by atoms with Crippen LogP contribution in [0.25, 0.3) is 0 Å². The highest BCUT2D eigenvalue weighted by molar-refractivity contribution is 5.91. The summed E-state index contributed by atoms with van der Waals surface area (Å²) in [6.07, 6.45) is 14.3. The van der Waals surface area contributed by atoms with Crippen molar-refractivity contribution >= 4 is 11.9 Å². The first-order valence-corrected chi connectivity index (χ1v) is 10.4. The molecular weight excluding hydrogens is 316 g/mol. The van der Waals surface area contributed by atoms with Crippen LogP contribution in [0.3, 0.4) is 0 Å². The van der Waals surface area contributed by atoms with Gasteiger partial charge >= 0.3 is 11.9 Å². The van der Waals surface area contributed by atoms with Crippen molar-refractivity contribution in [1.82, 2.24) is 0 Å². The lowest BCUT2D eigenvalue weighted by Crippen LogP contribution is -2.17. The minimum Gasteiger partial charge on any atom is -0.465 e. The van der Waals surface area contributed by atoms with Crippen molar-refractivity contribution in [3.63, 3.8) is 0 Å². The van der Waals surface area contributed by atoms with Crippen LogP contribution >= 0.6 is 0 Å². The van der Waals surface area contributed by atoms with Crippen LogP contribution in [0.1, 0.15) is 104 Å². The van der Waals surface area contributed by atoms with Crippen LogP contribution in [0, 0.1) is 5.92 Å². The number of esters is 2. The summed E-state index contributed by atoms with van der Waals surface area (Å²) in [5, 5.41) is 0. The summed E-state index contributed by atoms with van der Waals surface area (Å²) in [4.78, 5) is 23.1. The van der Waals surface area contributed by atoms with Crippen molar-refractivity contribution in [3.8, 4) is 0 Å². The molecule has 0 aromatic heterocycles. The molecule has 0 aliphatic heterocycles. The molecule has 0 N–H and O–H groups in total. The average Bonchev–Trinajstić information content (AvgIpc) is 2.58. The molecular formula is C21H40O4. The Kier molecular flexibility index (Phi) is 17.0. The van der Waals surface area contributed by atoms with Crippen LogP contribution in [0.4, 0.5) is 0 Å². The highest BCUT2D eigenvalue weighted by Crippen LogP contribution is 2.10. The Hall–Kier alpha value is -1.06. The molecule has 0 saturated carbocycles. The average molecular weight is 357 g/mol. The Morgan fingerprint density at radius 1 is 0.720 bits per heavy atom. The summed E-state index contributed by atoms with van der Waals surface area (Å²) < 4.78 is 10.2. The topological polar surface area (TPSA) is 52.6 Å². The summed E-state index contributed by atoms with van der Waals surface area (Å²) in [5.41, 5.74) is 0. The lowest BCUT2D eigenvalue weighted by Gasteiger charge is -2.10. The lowest BCUT2D eigenvalue weighted by atomic mass is 10.1. The number of hydrogen-bond acceptors (Lipinski definition) is 4. The maximum absolute atomic E-state index is 11.6. The molecule has 4 nitrogen and oxygen atoms in total. The first kappa shape index (κ1) is 23.9. The van der Waals surface area contributed by atoms with Crippen LogP contribution in [0.15, 0.2) is 0 Å². The van der Waals surface area contributed by atoms with Crippen LogP contribution in [0.5, 0.6) is 0 Å². The Morgan fingerprint density at radius 3 is 1.80 bits per heavy atom. The summed E-state index contributed by atoms with van der Waals surface area (Å²) in [6, 6.07) is 0. The molecule has 0 rings (SSSR count). The normalized spacial score (nSPS) is 12.0. The largest absolute Gasteiger partial charge is 0.465 e. The third-order valence-corrected chi connectivity index (χ3v) is 4.36. The number of rotatable bonds is 17. The van der Waals surface area contributed by atoms with Crippen molar-refractivity contribution in [3.05, 3.63) is 0 Å². The summed E-state index contributed by atoms with van der Waals surface area (Å²) in [7, 11) is 0. The smallest absolute Gasteiger partial charge is 0.317 e. The van der Waals surface area contributed by atoms with E-state index in [2.05, 4.69) is 13.8 Å². The molecule has 0 fully saturated rings. The molecule has 0 radical (unpaired) electrons. The maximum atomic E-state index is 11.6. The molecule has 0 saturated heterocycles. The molecule has 148 valence electrons. The third kappa shape index (κ3) is 17.6. The molecule has 1 atom stereocenters. The van der Waals surface area contributed by atoms with E-state index in [0.717, 1.165) is 25.7 Å². The SMILES string of the molecule is CCCCCCCCCCCCOC(=O)CC(=O)OCC(C)CCC. The van der Waals surface area contributed by atoms with Gasteiger partial charge in [-0.05, 0) is 18.8 Å². The monoisotopic (exact) mass is 356 g/mol. The van der Waals surface area contributed by atoms with E-state index in [-0.39, 0.29) is 6.42 Å². The van der Waals surface area contributed by atoms with Gasteiger partial charge in [0, 0.05) is 0 Å². The summed E-state index contributed by atoms with van der Waals surface area (Å²) in [5.74, 6) is -0.600. The number of unbranched alkanes of at least 4 members (excludes halogenated alkanes) is 9. The van der Waals surface area contributed by atoms with E-state index < -0.39 is 11.9 Å². The second-order valence-corrected chi connectivity index (χ2v) is 7.16. The van der Waals surface area contributed by atoms with E-state index in [1.54, 1.807) is 0 Å². The second kappa shape index (κ2) is 17.8. The zero-order valence-corrected chi connectivity index (χ0v) is 16.8. The molecule has 1 unspecified atom stereocenters. The molecule has 0 aliphatic carbocycles. The first-order valence-electron chi connectivity index (χ1n) is 10.4. The summed E-state index contributed by atoms with van der Waals surface area (Å²) in [6.45, 7) is 7.18. The molecule has 0 spiro atoms. The fraction of sp³-hybridized carbons (Fsp3) is 0.905. The molecule has 0 heterocycles. The van der Waals surface area contributed by atoms with Gasteiger partial charge in [-0.15, -0.1) is 0 Å². The standard InChI is InChI=1S/C21H40O4/c1-4-6-7-8-9-10-11-12-13-14-16-24-20(22)17-21(23)25-18-19(3)15-5-2/h19H,4-18H2,1-3H3. The fourth-order valence-corrected chi connectivity index (χ4v) is 2.81. The van der Waals surface area contributed by atoms with Crippen molar-refractivity contribution < 1.29 is 19.1 Å². The third-order valence-electron chi connectivity index (χ3n) is 4.36. The van der Waals surface area contributed by atoms with E-state index in [1.807, 2.05) is 6.92 Å².